The van der Waals surface area contributed by atoms with E-state index in [-0.39, 0.29) is 6.61 Å². The van der Waals surface area contributed by atoms with Crippen LogP contribution in [0, 0.1) is 6.92 Å². The largest absolute Gasteiger partial charge is 0.726 e. The van der Waals surface area contributed by atoms with Crippen LogP contribution in [0.25, 0.3) is 0 Å². The molecule has 0 aliphatic carbocycles. The number of aryl methyl sites for hydroxylation is 2. The van der Waals surface area contributed by atoms with Gasteiger partial charge in [-0.25, -0.2) is 13.0 Å². The fourth-order valence-electron chi connectivity index (χ4n) is 2.36. The molecule has 0 N–H and O–H groups in total. The topological polar surface area (TPSA) is 70.3 Å². The maximum atomic E-state index is 9.45. The summed E-state index contributed by atoms with van der Waals surface area (Å²) in [7, 11) is -4.42. The first-order valence-corrected chi connectivity index (χ1v) is 10.3. The Balaban J connectivity index is 0.000000640. The van der Waals surface area contributed by atoms with Gasteiger partial charge in [-0.05, 0) is 26.3 Å². The second-order valence-corrected chi connectivity index (χ2v) is 6.96. The Morgan fingerprint density at radius 3 is 2.08 bits per heavy atom. The third-order valence-corrected chi connectivity index (χ3v) is 4.06. The van der Waals surface area contributed by atoms with Gasteiger partial charge in [0.25, 0.3) is 0 Å². The Labute approximate surface area is 148 Å². The molecule has 0 aliphatic rings. The van der Waals surface area contributed by atoms with Gasteiger partial charge in [-0.15, -0.1) is 0 Å². The number of aromatic nitrogens is 1. The zero-order valence-electron chi connectivity index (χ0n) is 15.4. The number of nitrogens with zero attached hydrogens (tertiary/aromatic N) is 1. The van der Waals surface area contributed by atoms with Crippen LogP contribution in [0.4, 0.5) is 0 Å². The van der Waals surface area contributed by atoms with Gasteiger partial charge in [-0.3, -0.25) is 4.18 Å². The molecule has 0 spiro atoms. The third-order valence-electron chi connectivity index (χ3n) is 3.54. The smallest absolute Gasteiger partial charge is 0.217 e. The van der Waals surface area contributed by atoms with Crippen LogP contribution in [0.5, 0.6) is 0 Å². The molecule has 1 rings (SSSR count). The van der Waals surface area contributed by atoms with Crippen molar-refractivity contribution in [1.29, 1.82) is 0 Å². The molecule has 0 bridgehead atoms. The van der Waals surface area contributed by atoms with Crippen molar-refractivity contribution in [3.8, 4) is 0 Å². The minimum absolute atomic E-state index is 0.0914. The number of rotatable bonds is 11. The SMILES string of the molecule is CCCCCCCCCC[n+]1cccc(C)c1.CCOS(=O)(=O)[O-]. The molecule has 1 aromatic rings. The van der Waals surface area contributed by atoms with Crippen molar-refractivity contribution in [2.24, 2.45) is 0 Å². The molecule has 0 saturated heterocycles. The van der Waals surface area contributed by atoms with E-state index in [9.17, 15) is 13.0 Å². The van der Waals surface area contributed by atoms with E-state index in [1.165, 1.54) is 70.4 Å². The Hall–Kier alpha value is -0.980. The van der Waals surface area contributed by atoms with Gasteiger partial charge in [0.15, 0.2) is 12.4 Å². The number of hydrogen-bond donors (Lipinski definition) is 0. The molecule has 0 radical (unpaired) electrons. The predicted octanol–water partition coefficient (Wildman–Crippen LogP) is 3.91. The summed E-state index contributed by atoms with van der Waals surface area (Å²) in [6.45, 7) is 6.95. The maximum absolute atomic E-state index is 9.45. The van der Waals surface area contributed by atoms with Crippen molar-refractivity contribution in [3.63, 3.8) is 0 Å². The van der Waals surface area contributed by atoms with E-state index in [1.807, 2.05) is 0 Å². The summed E-state index contributed by atoms with van der Waals surface area (Å²) in [5, 5.41) is 0. The molecule has 0 aromatic carbocycles. The van der Waals surface area contributed by atoms with Crippen molar-refractivity contribution in [1.82, 2.24) is 0 Å². The highest BCUT2D eigenvalue weighted by Crippen LogP contribution is 2.08. The van der Waals surface area contributed by atoms with Crippen LogP contribution in [0.2, 0.25) is 0 Å². The van der Waals surface area contributed by atoms with Crippen molar-refractivity contribution >= 4 is 10.4 Å². The monoisotopic (exact) mass is 359 g/mol. The molecule has 140 valence electrons. The number of pyridine rings is 1. The van der Waals surface area contributed by atoms with E-state index in [2.05, 4.69) is 47.1 Å². The van der Waals surface area contributed by atoms with E-state index in [1.54, 1.807) is 0 Å². The van der Waals surface area contributed by atoms with Gasteiger partial charge in [0.05, 0.1) is 6.61 Å². The van der Waals surface area contributed by atoms with E-state index < -0.39 is 10.4 Å². The van der Waals surface area contributed by atoms with Crippen LogP contribution < -0.4 is 4.57 Å². The van der Waals surface area contributed by atoms with Gasteiger partial charge < -0.3 is 4.55 Å². The Kier molecular flexibility index (Phi) is 13.8. The fraction of sp³-hybridized carbons (Fsp3) is 0.722. The summed E-state index contributed by atoms with van der Waals surface area (Å²) in [6, 6.07) is 4.30. The van der Waals surface area contributed by atoms with Gasteiger partial charge in [0, 0.05) is 18.1 Å². The van der Waals surface area contributed by atoms with Crippen LogP contribution >= 0.6 is 0 Å². The molecule has 0 saturated carbocycles. The lowest BCUT2D eigenvalue weighted by molar-refractivity contribution is -0.697. The molecular weight excluding hydrogens is 326 g/mol. The Morgan fingerprint density at radius 2 is 1.62 bits per heavy atom. The fourth-order valence-corrected chi connectivity index (χ4v) is 2.65. The lowest BCUT2D eigenvalue weighted by Gasteiger charge is -2.02. The summed E-state index contributed by atoms with van der Waals surface area (Å²) in [6.07, 6.45) is 15.6. The lowest BCUT2D eigenvalue weighted by atomic mass is 10.1. The molecule has 0 fully saturated rings. The summed E-state index contributed by atoms with van der Waals surface area (Å²) in [4.78, 5) is 0. The number of unbranched alkanes of at least 4 members (excludes halogenated alkanes) is 7. The molecule has 0 atom stereocenters. The van der Waals surface area contributed by atoms with Crippen LogP contribution in [-0.4, -0.2) is 19.6 Å². The predicted molar refractivity (Wildman–Crippen MR) is 95.3 cm³/mol. The van der Waals surface area contributed by atoms with Gasteiger partial charge in [0.2, 0.25) is 10.4 Å². The zero-order valence-corrected chi connectivity index (χ0v) is 16.2. The molecule has 1 heterocycles. The second kappa shape index (κ2) is 14.4. The molecule has 6 heteroatoms. The first kappa shape index (κ1) is 23.0. The molecule has 0 aliphatic heterocycles. The minimum Gasteiger partial charge on any atom is -0.726 e. The highest BCUT2D eigenvalue weighted by Gasteiger charge is 1.99. The van der Waals surface area contributed by atoms with Crippen molar-refractivity contribution in [2.45, 2.75) is 78.7 Å². The third kappa shape index (κ3) is 15.9. The van der Waals surface area contributed by atoms with Crippen LogP contribution in [0.15, 0.2) is 24.5 Å². The van der Waals surface area contributed by atoms with Gasteiger partial charge >= 0.3 is 0 Å². The maximum Gasteiger partial charge on any atom is 0.217 e. The van der Waals surface area contributed by atoms with E-state index in [4.69, 9.17) is 0 Å². The molecule has 1 aromatic heterocycles. The Bertz CT molecular complexity index is 518. The molecular formula is C18H33NO4S. The second-order valence-electron chi connectivity index (χ2n) is 5.91. The van der Waals surface area contributed by atoms with Gasteiger partial charge in [-0.1, -0.05) is 45.4 Å². The van der Waals surface area contributed by atoms with Crippen LogP contribution in [-0.2, 0) is 21.1 Å². The van der Waals surface area contributed by atoms with Crippen LogP contribution in [0.1, 0.15) is 70.8 Å². The standard InChI is InChI=1S/C16H28N.C2H6O4S/c1-3-4-5-6-7-8-9-10-13-17-14-11-12-16(2)15-17;1-2-6-7(3,4)5/h11-12,14-15H,3-10,13H2,1-2H3;2H2,1H3,(H,3,4,5)/q+1;/p-1. The van der Waals surface area contributed by atoms with Crippen molar-refractivity contribution in [3.05, 3.63) is 30.1 Å². The molecule has 5 nitrogen and oxygen atoms in total. The first-order chi connectivity index (χ1) is 11.4. The van der Waals surface area contributed by atoms with Crippen molar-refractivity contribution in [2.75, 3.05) is 6.61 Å². The quantitative estimate of drug-likeness (QED) is 0.260. The average Bonchev–Trinajstić information content (AvgIpc) is 2.49. The van der Waals surface area contributed by atoms with Crippen molar-refractivity contribution < 1.29 is 21.7 Å². The lowest BCUT2D eigenvalue weighted by Crippen LogP contribution is -2.32. The molecule has 24 heavy (non-hydrogen) atoms. The van der Waals surface area contributed by atoms with E-state index in [0.29, 0.717) is 0 Å². The molecule has 0 amide bonds. The number of hydrogen-bond acceptors (Lipinski definition) is 4. The van der Waals surface area contributed by atoms with Crippen LogP contribution in [0.3, 0.4) is 0 Å². The molecule has 0 unspecified atom stereocenters. The zero-order chi connectivity index (χ0) is 18.3. The summed E-state index contributed by atoms with van der Waals surface area (Å²) in [5.41, 5.74) is 1.35. The van der Waals surface area contributed by atoms with E-state index >= 15 is 0 Å². The summed E-state index contributed by atoms with van der Waals surface area (Å²) >= 11 is 0. The highest BCUT2D eigenvalue weighted by molar-refractivity contribution is 7.80. The van der Waals surface area contributed by atoms with Gasteiger partial charge in [-0.2, -0.15) is 0 Å². The average molecular weight is 360 g/mol. The summed E-state index contributed by atoms with van der Waals surface area (Å²) in [5.74, 6) is 0. The first-order valence-electron chi connectivity index (χ1n) is 8.95. The summed E-state index contributed by atoms with van der Waals surface area (Å²) < 4.78 is 34.3. The Morgan fingerprint density at radius 1 is 1.04 bits per heavy atom. The van der Waals surface area contributed by atoms with Gasteiger partial charge in [0.1, 0.15) is 6.54 Å². The normalized spacial score (nSPS) is 11.0. The van der Waals surface area contributed by atoms with E-state index in [0.717, 1.165) is 0 Å². The minimum atomic E-state index is -4.42. The highest BCUT2D eigenvalue weighted by atomic mass is 32.3.